The molecule has 2 aliphatic rings. The van der Waals surface area contributed by atoms with E-state index in [2.05, 4.69) is 17.1 Å². The Bertz CT molecular complexity index is 278. The van der Waals surface area contributed by atoms with E-state index in [9.17, 15) is 9.90 Å². The minimum atomic E-state index is -0.598. The van der Waals surface area contributed by atoms with Crippen molar-refractivity contribution in [2.24, 2.45) is 5.92 Å². The monoisotopic (exact) mass is 254 g/mol. The van der Waals surface area contributed by atoms with E-state index in [-0.39, 0.29) is 0 Å². The Labute approximate surface area is 110 Å². The minimum Gasteiger partial charge on any atom is -0.480 e. The SMILES string of the molecule is CCC1CCC(C(=O)O)(N2CCCNCC2)CC1. The Balaban J connectivity index is 2.09. The van der Waals surface area contributed by atoms with Gasteiger partial charge in [-0.2, -0.15) is 0 Å². The van der Waals surface area contributed by atoms with Gasteiger partial charge in [-0.15, -0.1) is 0 Å². The predicted octanol–water partition coefficient (Wildman–Crippen LogP) is 1.71. The number of aliphatic carboxylic acids is 1. The highest BCUT2D eigenvalue weighted by Gasteiger charge is 2.46. The maximum absolute atomic E-state index is 11.8. The van der Waals surface area contributed by atoms with Gasteiger partial charge in [0.15, 0.2) is 0 Å². The van der Waals surface area contributed by atoms with Gasteiger partial charge in [-0.25, -0.2) is 0 Å². The van der Waals surface area contributed by atoms with Gasteiger partial charge in [0.2, 0.25) is 0 Å². The quantitative estimate of drug-likeness (QED) is 0.805. The highest BCUT2D eigenvalue weighted by atomic mass is 16.4. The number of hydrogen-bond acceptors (Lipinski definition) is 3. The molecule has 1 aliphatic heterocycles. The summed E-state index contributed by atoms with van der Waals surface area (Å²) in [6.45, 7) is 5.96. The zero-order chi connectivity index (χ0) is 13.0. The van der Waals surface area contributed by atoms with Crippen LogP contribution in [-0.4, -0.2) is 47.7 Å². The second kappa shape index (κ2) is 6.02. The van der Waals surface area contributed by atoms with Crippen LogP contribution in [0.4, 0.5) is 0 Å². The molecule has 0 aromatic heterocycles. The topological polar surface area (TPSA) is 52.6 Å². The molecular formula is C14H26N2O2. The highest BCUT2D eigenvalue weighted by molar-refractivity contribution is 5.79. The molecule has 2 fully saturated rings. The number of nitrogens with one attached hydrogen (secondary N) is 1. The summed E-state index contributed by atoms with van der Waals surface area (Å²) in [5, 5.41) is 13.1. The maximum Gasteiger partial charge on any atom is 0.324 e. The molecule has 1 aliphatic carbocycles. The first-order chi connectivity index (χ1) is 8.69. The van der Waals surface area contributed by atoms with Crippen LogP contribution < -0.4 is 5.32 Å². The molecule has 0 unspecified atom stereocenters. The first kappa shape index (κ1) is 13.8. The summed E-state index contributed by atoms with van der Waals surface area (Å²) in [6, 6.07) is 0. The van der Waals surface area contributed by atoms with Crippen molar-refractivity contribution in [2.45, 2.75) is 51.0 Å². The van der Waals surface area contributed by atoms with Gasteiger partial charge in [0, 0.05) is 19.6 Å². The zero-order valence-corrected chi connectivity index (χ0v) is 11.5. The Morgan fingerprint density at radius 1 is 1.33 bits per heavy atom. The molecule has 104 valence electrons. The van der Waals surface area contributed by atoms with Gasteiger partial charge in [-0.05, 0) is 44.6 Å². The minimum absolute atomic E-state index is 0.572. The molecule has 0 aromatic carbocycles. The van der Waals surface area contributed by atoms with Gasteiger partial charge in [0.05, 0.1) is 0 Å². The Morgan fingerprint density at radius 3 is 2.67 bits per heavy atom. The fraction of sp³-hybridized carbons (Fsp3) is 0.929. The molecular weight excluding hydrogens is 228 g/mol. The van der Waals surface area contributed by atoms with Crippen LogP contribution in [0.5, 0.6) is 0 Å². The molecule has 0 amide bonds. The lowest BCUT2D eigenvalue weighted by Gasteiger charge is -2.44. The summed E-state index contributed by atoms with van der Waals surface area (Å²) in [5.74, 6) is 0.140. The van der Waals surface area contributed by atoms with Gasteiger partial charge < -0.3 is 10.4 Å². The van der Waals surface area contributed by atoms with Crippen LogP contribution in [0.2, 0.25) is 0 Å². The summed E-state index contributed by atoms with van der Waals surface area (Å²) in [7, 11) is 0. The number of rotatable bonds is 3. The van der Waals surface area contributed by atoms with Gasteiger partial charge in [-0.1, -0.05) is 13.3 Å². The van der Waals surface area contributed by atoms with Gasteiger partial charge in [-0.3, -0.25) is 9.69 Å². The van der Waals surface area contributed by atoms with Crippen LogP contribution in [0, 0.1) is 5.92 Å². The normalized spacial score (nSPS) is 35.1. The van der Waals surface area contributed by atoms with Crippen molar-refractivity contribution in [3.63, 3.8) is 0 Å². The molecule has 0 radical (unpaired) electrons. The molecule has 1 heterocycles. The summed E-state index contributed by atoms with van der Waals surface area (Å²) in [5.41, 5.74) is -0.572. The van der Waals surface area contributed by atoms with Crippen molar-refractivity contribution < 1.29 is 9.90 Å². The molecule has 4 heteroatoms. The van der Waals surface area contributed by atoms with Gasteiger partial charge in [0.25, 0.3) is 0 Å². The standard InChI is InChI=1S/C14H26N2O2/c1-2-12-4-6-14(7-5-12,13(17)18)16-10-3-8-15-9-11-16/h12,15H,2-11H2,1H3,(H,17,18). The van der Waals surface area contributed by atoms with E-state index in [0.717, 1.165) is 64.2 Å². The van der Waals surface area contributed by atoms with Crippen LogP contribution in [0.1, 0.15) is 45.4 Å². The van der Waals surface area contributed by atoms with E-state index in [4.69, 9.17) is 0 Å². The predicted molar refractivity (Wildman–Crippen MR) is 71.7 cm³/mol. The highest BCUT2D eigenvalue weighted by Crippen LogP contribution is 2.38. The third-order valence-corrected chi connectivity index (χ3v) is 4.85. The van der Waals surface area contributed by atoms with Crippen molar-refractivity contribution in [1.82, 2.24) is 10.2 Å². The molecule has 0 bridgehead atoms. The smallest absolute Gasteiger partial charge is 0.324 e. The summed E-state index contributed by atoms with van der Waals surface area (Å²) >= 11 is 0. The van der Waals surface area contributed by atoms with E-state index in [1.165, 1.54) is 6.42 Å². The first-order valence-corrected chi connectivity index (χ1v) is 7.38. The van der Waals surface area contributed by atoms with Crippen molar-refractivity contribution in [3.05, 3.63) is 0 Å². The average molecular weight is 254 g/mol. The van der Waals surface area contributed by atoms with Gasteiger partial charge in [0.1, 0.15) is 5.54 Å². The Kier molecular flexibility index (Phi) is 4.62. The molecule has 4 nitrogen and oxygen atoms in total. The Hall–Kier alpha value is -0.610. The summed E-state index contributed by atoms with van der Waals surface area (Å²) in [4.78, 5) is 14.1. The fourth-order valence-corrected chi connectivity index (χ4v) is 3.50. The van der Waals surface area contributed by atoms with Crippen LogP contribution >= 0.6 is 0 Å². The lowest BCUT2D eigenvalue weighted by molar-refractivity contribution is -0.155. The van der Waals surface area contributed by atoms with Crippen LogP contribution in [-0.2, 0) is 4.79 Å². The maximum atomic E-state index is 11.8. The summed E-state index contributed by atoms with van der Waals surface area (Å²) in [6.07, 6.45) is 6.07. The number of nitrogens with zero attached hydrogens (tertiary/aromatic N) is 1. The molecule has 18 heavy (non-hydrogen) atoms. The van der Waals surface area contributed by atoms with Crippen LogP contribution in [0.15, 0.2) is 0 Å². The third kappa shape index (κ3) is 2.69. The fourth-order valence-electron chi connectivity index (χ4n) is 3.50. The number of carboxylic acids is 1. The lowest BCUT2D eigenvalue weighted by atomic mass is 9.74. The zero-order valence-electron chi connectivity index (χ0n) is 11.5. The lowest BCUT2D eigenvalue weighted by Crippen LogP contribution is -2.57. The second-order valence-electron chi connectivity index (χ2n) is 5.78. The van der Waals surface area contributed by atoms with Crippen molar-refractivity contribution >= 4 is 5.97 Å². The number of hydrogen-bond donors (Lipinski definition) is 2. The van der Waals surface area contributed by atoms with E-state index in [1.54, 1.807) is 0 Å². The van der Waals surface area contributed by atoms with E-state index >= 15 is 0 Å². The van der Waals surface area contributed by atoms with E-state index < -0.39 is 11.5 Å². The van der Waals surface area contributed by atoms with Crippen LogP contribution in [0.25, 0.3) is 0 Å². The number of carboxylic acid groups (broad SMARTS) is 1. The third-order valence-electron chi connectivity index (χ3n) is 4.85. The first-order valence-electron chi connectivity index (χ1n) is 7.38. The van der Waals surface area contributed by atoms with E-state index in [0.29, 0.717) is 0 Å². The van der Waals surface area contributed by atoms with Gasteiger partial charge >= 0.3 is 5.97 Å². The molecule has 2 N–H and O–H groups in total. The molecule has 0 atom stereocenters. The second-order valence-corrected chi connectivity index (χ2v) is 5.78. The van der Waals surface area contributed by atoms with Crippen molar-refractivity contribution in [3.8, 4) is 0 Å². The largest absolute Gasteiger partial charge is 0.480 e. The molecule has 2 rings (SSSR count). The van der Waals surface area contributed by atoms with Crippen molar-refractivity contribution in [1.29, 1.82) is 0 Å². The summed E-state index contributed by atoms with van der Waals surface area (Å²) < 4.78 is 0. The molecule has 1 saturated heterocycles. The Morgan fingerprint density at radius 2 is 2.06 bits per heavy atom. The van der Waals surface area contributed by atoms with Crippen LogP contribution in [0.3, 0.4) is 0 Å². The molecule has 1 saturated carbocycles. The molecule has 0 aromatic rings. The number of carbonyl (C=O) groups is 1. The van der Waals surface area contributed by atoms with Crippen molar-refractivity contribution in [2.75, 3.05) is 26.2 Å². The average Bonchev–Trinajstić information content (AvgIpc) is 2.67. The molecule has 0 spiro atoms. The van der Waals surface area contributed by atoms with E-state index in [1.807, 2.05) is 0 Å².